The number of nitrogen functional groups attached to an aromatic ring is 1. The van der Waals surface area contributed by atoms with Gasteiger partial charge in [0, 0.05) is 12.0 Å². The number of Topliss-reactive ketones (excluding diaryl/α,β-unsaturated/α-hetero) is 1. The van der Waals surface area contributed by atoms with Crippen molar-refractivity contribution in [3.63, 3.8) is 0 Å². The third-order valence-electron chi connectivity index (χ3n) is 1.84. The number of ether oxygens (including phenoxy) is 2. The van der Waals surface area contributed by atoms with Crippen LogP contribution in [0, 0.1) is 0 Å². The Balaban J connectivity index is -0.000000323. The first-order chi connectivity index (χ1) is 12.6. The van der Waals surface area contributed by atoms with Crippen LogP contribution in [-0.4, -0.2) is 59.6 Å². The summed E-state index contributed by atoms with van der Waals surface area (Å²) in [6, 6.07) is 0. The summed E-state index contributed by atoms with van der Waals surface area (Å²) in [5, 5.41) is 9.79. The molecule has 1 heterocycles. The molecule has 1 rings (SSSR count). The molecule has 0 saturated carbocycles. The van der Waals surface area contributed by atoms with Crippen LogP contribution in [0.2, 0.25) is 0 Å². The summed E-state index contributed by atoms with van der Waals surface area (Å²) in [7, 11) is 2.57. The van der Waals surface area contributed by atoms with Crippen molar-refractivity contribution in [1.82, 2.24) is 4.98 Å². The maximum Gasteiger partial charge on any atom is 0.313 e. The third kappa shape index (κ3) is 26.3. The largest absolute Gasteiger partial charge is 0.469 e. The number of rotatable bonds is 5. The van der Waals surface area contributed by atoms with Gasteiger partial charge in [0.15, 0.2) is 16.0 Å². The lowest BCUT2D eigenvalue weighted by Crippen LogP contribution is -2.18. The van der Waals surface area contributed by atoms with Crippen LogP contribution in [0.5, 0.6) is 0 Å². The molecule has 0 aromatic carbocycles. The van der Waals surface area contributed by atoms with Gasteiger partial charge in [0.05, 0.1) is 32.2 Å². The number of methoxy groups -OCH3 is 2. The summed E-state index contributed by atoms with van der Waals surface area (Å²) in [4.78, 5) is 35.2. The lowest BCUT2D eigenvalue weighted by atomic mass is 10.3. The number of thiocarbonyl (C=S) groups is 1. The molecule has 0 aliphatic rings. The van der Waals surface area contributed by atoms with E-state index in [1.165, 1.54) is 25.6 Å². The number of nitrogens with zero attached hydrogens (tertiary/aromatic N) is 1. The van der Waals surface area contributed by atoms with Crippen molar-refractivity contribution in [1.29, 1.82) is 0 Å². The van der Waals surface area contributed by atoms with Gasteiger partial charge in [-0.3, -0.25) is 14.4 Å². The van der Waals surface area contributed by atoms with Crippen molar-refractivity contribution in [2.75, 3.05) is 32.4 Å². The van der Waals surface area contributed by atoms with Crippen LogP contribution >= 0.6 is 35.2 Å². The van der Waals surface area contributed by atoms with E-state index in [9.17, 15) is 14.4 Å². The van der Waals surface area contributed by atoms with Gasteiger partial charge in [-0.05, 0) is 19.1 Å². The number of halogens is 1. The fraction of sp³-hybridized carbons (Fsp3) is 0.500. The summed E-state index contributed by atoms with van der Waals surface area (Å²) < 4.78 is 8.65. The minimum absolute atomic E-state index is 0.000000000000000222. The molecule has 1 aromatic heterocycles. The Morgan fingerprint density at radius 3 is 2.00 bits per heavy atom. The highest BCUT2D eigenvalue weighted by Crippen LogP contribution is 2.11. The molecule has 7 N–H and O–H groups in total. The van der Waals surface area contributed by atoms with Crippen molar-refractivity contribution in [2.24, 2.45) is 11.5 Å². The Kier molecular flexibility index (Phi) is 22.3. The van der Waals surface area contributed by atoms with Crippen LogP contribution in [0.4, 0.5) is 5.13 Å². The number of aromatic nitrogens is 1. The molecule has 0 unspecified atom stereocenters. The molecule has 10 nitrogen and oxygen atoms in total. The Morgan fingerprint density at radius 2 is 1.70 bits per heavy atom. The average Bonchev–Trinajstić information content (AvgIpc) is 3.00. The number of hydrogen-bond acceptors (Lipinski definition) is 10. The monoisotopic (exact) mass is 444 g/mol. The summed E-state index contributed by atoms with van der Waals surface area (Å²) in [5.41, 5.74) is 15.3. The zero-order chi connectivity index (χ0) is 21.8. The average molecular weight is 445 g/mol. The number of alkyl halides is 1. The lowest BCUT2D eigenvalue weighted by molar-refractivity contribution is -0.143. The van der Waals surface area contributed by atoms with Crippen LogP contribution < -0.4 is 17.2 Å². The van der Waals surface area contributed by atoms with Crippen molar-refractivity contribution in [3.8, 4) is 0 Å². The molecular formula is C14H25ClN4O6S2. The summed E-state index contributed by atoms with van der Waals surface area (Å²) >= 11 is 10.5. The normalized spacial score (nSPS) is 8.33. The molecule has 0 amide bonds. The van der Waals surface area contributed by atoms with Gasteiger partial charge in [0.25, 0.3) is 0 Å². The number of carbonyl (C=O) groups is 3. The Morgan fingerprint density at radius 1 is 1.26 bits per heavy atom. The minimum Gasteiger partial charge on any atom is -0.469 e. The molecule has 27 heavy (non-hydrogen) atoms. The van der Waals surface area contributed by atoms with E-state index in [2.05, 4.69) is 38.1 Å². The first kappa shape index (κ1) is 29.7. The molecule has 0 spiro atoms. The second kappa shape index (κ2) is 20.3. The van der Waals surface area contributed by atoms with Crippen LogP contribution in [0.25, 0.3) is 0 Å². The highest BCUT2D eigenvalue weighted by atomic mass is 35.5. The maximum atomic E-state index is 10.7. The molecule has 0 fully saturated rings. The fourth-order valence-electron chi connectivity index (χ4n) is 0.904. The smallest absolute Gasteiger partial charge is 0.313 e. The molecule has 0 atom stereocenters. The van der Waals surface area contributed by atoms with E-state index >= 15 is 0 Å². The second-order valence-corrected chi connectivity index (χ2v) is 5.70. The SMILES string of the molecule is CCO.COC(=O)CC(=O)CCl.COC(=O)Cc1csc(N)n1.NC(N)=S. The van der Waals surface area contributed by atoms with Gasteiger partial charge < -0.3 is 31.8 Å². The standard InChI is InChI=1S/C6H8N2O2S.C5H7ClO3.C2H6O.CH4N2S/c1-10-5(9)2-4-3-11-6(7)8-4;1-9-5(8)2-4(7)3-6;1-2-3;2-1(3)4/h3H,2H2,1H3,(H2,7,8);2-3H2,1H3;3H,2H2,1H3;(H4,2,3,4). The fourth-order valence-corrected chi connectivity index (χ4v) is 1.56. The quantitative estimate of drug-likeness (QED) is 0.207. The zero-order valence-corrected chi connectivity index (χ0v) is 17.7. The lowest BCUT2D eigenvalue weighted by Gasteiger charge is -1.93. The van der Waals surface area contributed by atoms with Gasteiger partial charge in [-0.15, -0.1) is 22.9 Å². The molecule has 0 aliphatic heterocycles. The van der Waals surface area contributed by atoms with Crippen LogP contribution in [0.15, 0.2) is 5.38 Å². The van der Waals surface area contributed by atoms with Gasteiger partial charge in [-0.25, -0.2) is 4.98 Å². The van der Waals surface area contributed by atoms with Crippen molar-refractivity contribution < 1.29 is 29.0 Å². The van der Waals surface area contributed by atoms with Gasteiger partial charge >= 0.3 is 11.9 Å². The van der Waals surface area contributed by atoms with Crippen molar-refractivity contribution in [2.45, 2.75) is 19.8 Å². The van der Waals surface area contributed by atoms with E-state index in [1.807, 2.05) is 0 Å². The highest BCUT2D eigenvalue weighted by molar-refractivity contribution is 7.80. The van der Waals surface area contributed by atoms with Gasteiger partial charge in [-0.1, -0.05) is 0 Å². The minimum atomic E-state index is -0.541. The number of thiazole rings is 1. The maximum absolute atomic E-state index is 10.7. The van der Waals surface area contributed by atoms with Gasteiger partial charge in [-0.2, -0.15) is 0 Å². The van der Waals surface area contributed by atoms with E-state index in [1.54, 1.807) is 12.3 Å². The van der Waals surface area contributed by atoms with Crippen LogP contribution in [0.3, 0.4) is 0 Å². The molecule has 0 bridgehead atoms. The Bertz CT molecular complexity index is 554. The van der Waals surface area contributed by atoms with Gasteiger partial charge in [0.2, 0.25) is 0 Å². The molecule has 0 aliphatic carbocycles. The predicted octanol–water partition coefficient (Wildman–Crippen LogP) is -0.0145. The summed E-state index contributed by atoms with van der Waals surface area (Å²) in [6.07, 6.45) is -0.0236. The Hall–Kier alpha value is -2.02. The molecule has 1 aromatic rings. The van der Waals surface area contributed by atoms with E-state index in [0.29, 0.717) is 10.8 Å². The molecular weight excluding hydrogens is 420 g/mol. The topological polar surface area (TPSA) is 181 Å². The number of ketones is 1. The van der Waals surface area contributed by atoms with E-state index < -0.39 is 5.97 Å². The first-order valence-corrected chi connectivity index (χ1v) is 8.96. The molecule has 156 valence electrons. The van der Waals surface area contributed by atoms with Crippen LogP contribution in [0.1, 0.15) is 19.0 Å². The number of carbonyl (C=O) groups excluding carboxylic acids is 3. The van der Waals surface area contributed by atoms with Crippen LogP contribution in [-0.2, 0) is 30.3 Å². The molecule has 0 saturated heterocycles. The number of aliphatic hydroxyl groups is 1. The van der Waals surface area contributed by atoms with E-state index in [-0.39, 0.29) is 42.2 Å². The van der Waals surface area contributed by atoms with E-state index in [0.717, 1.165) is 0 Å². The zero-order valence-electron chi connectivity index (χ0n) is 15.3. The van der Waals surface area contributed by atoms with Crippen molar-refractivity contribution >= 4 is 63.1 Å². The predicted molar refractivity (Wildman–Crippen MR) is 108 cm³/mol. The highest BCUT2D eigenvalue weighted by Gasteiger charge is 2.06. The number of hydrogen-bond donors (Lipinski definition) is 4. The summed E-state index contributed by atoms with van der Waals surface area (Å²) in [6.45, 7) is 1.93. The number of nitrogens with two attached hydrogens (primary N) is 3. The number of esters is 2. The number of aliphatic hydroxyl groups excluding tert-OH is 1. The molecule has 0 radical (unpaired) electrons. The Labute approximate surface area is 172 Å². The third-order valence-corrected chi connectivity index (χ3v) is 2.86. The summed E-state index contributed by atoms with van der Waals surface area (Å²) in [5.74, 6) is -1.28. The van der Waals surface area contributed by atoms with Gasteiger partial charge in [0.1, 0.15) is 6.42 Å². The molecule has 13 heteroatoms. The second-order valence-electron chi connectivity index (χ2n) is 4.07. The van der Waals surface area contributed by atoms with Crippen molar-refractivity contribution in [3.05, 3.63) is 11.1 Å². The van der Waals surface area contributed by atoms with E-state index in [4.69, 9.17) is 22.4 Å². The number of anilines is 1. The first-order valence-electron chi connectivity index (χ1n) is 7.14.